The fraction of sp³-hybridized carbons (Fsp3) is 0.423. The molecule has 0 heterocycles. The van der Waals surface area contributed by atoms with Gasteiger partial charge in [0.1, 0.15) is 0 Å². The number of halogens is 2. The number of benzene rings is 2. The highest BCUT2D eigenvalue weighted by molar-refractivity contribution is 6.30. The highest BCUT2D eigenvalue weighted by Crippen LogP contribution is 2.43. The van der Waals surface area contributed by atoms with Gasteiger partial charge in [-0.3, -0.25) is 4.79 Å². The minimum absolute atomic E-state index is 0.0836. The molecule has 6 heteroatoms. The van der Waals surface area contributed by atoms with E-state index in [9.17, 15) is 15.0 Å². The van der Waals surface area contributed by atoms with Crippen molar-refractivity contribution in [2.24, 2.45) is 11.3 Å². The monoisotopic (exact) mass is 477 g/mol. The van der Waals surface area contributed by atoms with Crippen molar-refractivity contribution in [1.29, 1.82) is 0 Å². The smallest absolute Gasteiger partial charge is 0.226 e. The van der Waals surface area contributed by atoms with Crippen LogP contribution in [0.25, 0.3) is 0 Å². The molecule has 0 fully saturated rings. The van der Waals surface area contributed by atoms with E-state index in [1.807, 2.05) is 39.0 Å². The van der Waals surface area contributed by atoms with Gasteiger partial charge < -0.3 is 15.5 Å². The van der Waals surface area contributed by atoms with Gasteiger partial charge in [-0.2, -0.15) is 0 Å². The maximum atomic E-state index is 13.4. The van der Waals surface area contributed by atoms with Crippen LogP contribution in [0.1, 0.15) is 56.8 Å². The normalized spacial score (nSPS) is 16.1. The number of amides is 1. The van der Waals surface area contributed by atoms with Crippen LogP contribution in [0.4, 0.5) is 0 Å². The number of carbonyl (C=O) groups is 1. The van der Waals surface area contributed by atoms with E-state index in [1.54, 1.807) is 36.4 Å². The maximum Gasteiger partial charge on any atom is 0.226 e. The second-order valence-corrected chi connectivity index (χ2v) is 9.79. The van der Waals surface area contributed by atoms with Gasteiger partial charge in [0.25, 0.3) is 0 Å². The van der Waals surface area contributed by atoms with Crippen molar-refractivity contribution in [3.05, 3.63) is 82.4 Å². The second kappa shape index (κ2) is 11.9. The van der Waals surface area contributed by atoms with E-state index in [1.165, 1.54) is 0 Å². The quantitative estimate of drug-likeness (QED) is 0.352. The molecule has 0 aliphatic carbocycles. The summed E-state index contributed by atoms with van der Waals surface area (Å²) in [5.41, 5.74) is 0.687. The largest absolute Gasteiger partial charge is 0.394 e. The van der Waals surface area contributed by atoms with Crippen LogP contribution in [0.3, 0.4) is 0 Å². The van der Waals surface area contributed by atoms with E-state index < -0.39 is 17.4 Å². The van der Waals surface area contributed by atoms with Crippen molar-refractivity contribution in [3.63, 3.8) is 0 Å². The Kier molecular flexibility index (Phi) is 9.78. The van der Waals surface area contributed by atoms with Gasteiger partial charge in [0, 0.05) is 16.0 Å². The van der Waals surface area contributed by atoms with E-state index in [2.05, 4.69) is 11.9 Å². The van der Waals surface area contributed by atoms with Crippen molar-refractivity contribution in [1.82, 2.24) is 5.32 Å². The molecule has 2 aromatic rings. The third-order valence-electron chi connectivity index (χ3n) is 6.00. The molecule has 0 aliphatic rings. The lowest BCUT2D eigenvalue weighted by Crippen LogP contribution is -2.48. The maximum absolute atomic E-state index is 13.4. The molecule has 3 N–H and O–H groups in total. The highest BCUT2D eigenvalue weighted by atomic mass is 35.5. The fourth-order valence-corrected chi connectivity index (χ4v) is 4.20. The number of hydrogen-bond donors (Lipinski definition) is 3. The molecule has 174 valence electrons. The summed E-state index contributed by atoms with van der Waals surface area (Å²) in [6.45, 7) is 9.47. The van der Waals surface area contributed by atoms with Gasteiger partial charge in [-0.15, -0.1) is 6.58 Å². The molecule has 0 aromatic heterocycles. The summed E-state index contributed by atoms with van der Waals surface area (Å²) in [7, 11) is 0. The Labute approximate surface area is 201 Å². The lowest BCUT2D eigenvalue weighted by Gasteiger charge is -2.35. The van der Waals surface area contributed by atoms with Gasteiger partial charge in [0.2, 0.25) is 5.91 Å². The van der Waals surface area contributed by atoms with Gasteiger partial charge in [0.05, 0.1) is 24.2 Å². The molecule has 1 unspecified atom stereocenters. The van der Waals surface area contributed by atoms with Crippen molar-refractivity contribution in [2.45, 2.75) is 51.7 Å². The summed E-state index contributed by atoms with van der Waals surface area (Å²) in [5.74, 6) is -0.502. The third-order valence-corrected chi connectivity index (χ3v) is 6.49. The van der Waals surface area contributed by atoms with Crippen LogP contribution >= 0.6 is 23.2 Å². The van der Waals surface area contributed by atoms with Crippen molar-refractivity contribution in [3.8, 4) is 0 Å². The predicted octanol–water partition coefficient (Wildman–Crippen LogP) is 5.92. The number of hydrogen-bond acceptors (Lipinski definition) is 3. The third kappa shape index (κ3) is 6.82. The summed E-state index contributed by atoms with van der Waals surface area (Å²) >= 11 is 12.3. The summed E-state index contributed by atoms with van der Waals surface area (Å²) < 4.78 is 0. The molecule has 0 saturated heterocycles. The van der Waals surface area contributed by atoms with Crippen LogP contribution in [0.5, 0.6) is 0 Å². The molecule has 0 radical (unpaired) electrons. The number of aliphatic hydroxyl groups excluding tert-OH is 2. The first-order chi connectivity index (χ1) is 15.1. The highest BCUT2D eigenvalue weighted by Gasteiger charge is 2.39. The van der Waals surface area contributed by atoms with Gasteiger partial charge in [0.15, 0.2) is 0 Å². The fourth-order valence-electron chi connectivity index (χ4n) is 3.88. The lowest BCUT2D eigenvalue weighted by atomic mass is 9.72. The first-order valence-electron chi connectivity index (χ1n) is 10.8. The second-order valence-electron chi connectivity index (χ2n) is 8.92. The van der Waals surface area contributed by atoms with Crippen LogP contribution in [-0.4, -0.2) is 28.8 Å². The van der Waals surface area contributed by atoms with Crippen LogP contribution in [0.2, 0.25) is 10.0 Å². The topological polar surface area (TPSA) is 69.6 Å². The zero-order valence-corrected chi connectivity index (χ0v) is 20.4. The molecule has 2 aromatic carbocycles. The van der Waals surface area contributed by atoms with Crippen LogP contribution in [-0.2, 0) is 4.79 Å². The van der Waals surface area contributed by atoms with Crippen LogP contribution < -0.4 is 5.32 Å². The van der Waals surface area contributed by atoms with Gasteiger partial charge in [-0.25, -0.2) is 0 Å². The van der Waals surface area contributed by atoms with Crippen LogP contribution in [0.15, 0.2) is 61.2 Å². The van der Waals surface area contributed by atoms with Gasteiger partial charge >= 0.3 is 0 Å². The van der Waals surface area contributed by atoms with Crippen LogP contribution in [0, 0.1) is 11.3 Å². The molecule has 2 rings (SSSR count). The van der Waals surface area contributed by atoms with E-state index >= 15 is 0 Å². The number of aliphatic hydroxyl groups is 2. The Balaban J connectivity index is 2.44. The zero-order chi connectivity index (χ0) is 23.9. The Morgan fingerprint density at radius 1 is 1.12 bits per heavy atom. The summed E-state index contributed by atoms with van der Waals surface area (Å²) in [6, 6.07) is 14.0. The zero-order valence-electron chi connectivity index (χ0n) is 18.9. The Morgan fingerprint density at radius 3 is 2.31 bits per heavy atom. The molecule has 0 spiro atoms. The minimum Gasteiger partial charge on any atom is -0.394 e. The molecular formula is C26H33Cl2NO3. The molecule has 4 atom stereocenters. The molecule has 1 amide bonds. The molecule has 0 aliphatic heterocycles. The summed E-state index contributed by atoms with van der Waals surface area (Å²) in [5, 5.41) is 25.2. The molecular weight excluding hydrogens is 445 g/mol. The predicted molar refractivity (Wildman–Crippen MR) is 132 cm³/mol. The van der Waals surface area contributed by atoms with E-state index in [4.69, 9.17) is 23.2 Å². The van der Waals surface area contributed by atoms with Crippen molar-refractivity contribution < 1.29 is 15.0 Å². The SMILES string of the molecule is C=CCC(C)(C[C@H](c1cccc(Cl)c1)[C@@H](O)c1ccc(Cl)cc1)C(=O)N[C@H](CO)C(C)C. The Morgan fingerprint density at radius 2 is 1.78 bits per heavy atom. The average Bonchev–Trinajstić information content (AvgIpc) is 2.75. The Bertz CT molecular complexity index is 900. The molecule has 32 heavy (non-hydrogen) atoms. The molecule has 0 bridgehead atoms. The summed E-state index contributed by atoms with van der Waals surface area (Å²) in [4.78, 5) is 13.4. The number of nitrogens with one attached hydrogen (secondary N) is 1. The lowest BCUT2D eigenvalue weighted by molar-refractivity contribution is -0.132. The molecule has 4 nitrogen and oxygen atoms in total. The van der Waals surface area contributed by atoms with Gasteiger partial charge in [-0.05, 0) is 54.2 Å². The number of rotatable bonds is 11. The number of allylic oxidation sites excluding steroid dienone is 1. The van der Waals surface area contributed by atoms with Gasteiger partial charge in [-0.1, -0.05) is 74.3 Å². The van der Waals surface area contributed by atoms with Crippen molar-refractivity contribution >= 4 is 29.1 Å². The average molecular weight is 478 g/mol. The standard InChI is InChI=1S/C26H33Cl2NO3/c1-5-13-26(4,25(32)29-23(16-30)17(2)3)15-22(19-7-6-8-21(28)14-19)24(31)18-9-11-20(27)12-10-18/h5-12,14,17,22-24,30-31H,1,13,15-16H2,2-4H3,(H,29,32)/t22-,23-,24+,26?/m1/s1. The van der Waals surface area contributed by atoms with E-state index in [0.29, 0.717) is 28.5 Å². The summed E-state index contributed by atoms with van der Waals surface area (Å²) in [6.07, 6.45) is 1.61. The number of carbonyl (C=O) groups excluding carboxylic acids is 1. The van der Waals surface area contributed by atoms with Crippen molar-refractivity contribution in [2.75, 3.05) is 6.61 Å². The van der Waals surface area contributed by atoms with E-state index in [0.717, 1.165) is 5.56 Å². The first-order valence-corrected chi connectivity index (χ1v) is 11.6. The minimum atomic E-state index is -0.874. The Hall–Kier alpha value is -1.85. The molecule has 0 saturated carbocycles. The first kappa shape index (κ1) is 26.4. The van der Waals surface area contributed by atoms with E-state index in [-0.39, 0.29) is 24.5 Å².